The summed E-state index contributed by atoms with van der Waals surface area (Å²) in [4.78, 5) is 0. The quantitative estimate of drug-likeness (QED) is 0.174. The molecule has 0 aliphatic heterocycles. The van der Waals surface area contributed by atoms with Crippen LogP contribution in [0.15, 0.2) is 152 Å². The Hall–Kier alpha value is -4.88. The van der Waals surface area contributed by atoms with Crippen molar-refractivity contribution in [1.29, 1.82) is 0 Å². The van der Waals surface area contributed by atoms with E-state index >= 15 is 0 Å². The standard InChI is InChI=1S/C36H29N/c1-4-12-32(13-5-1)36(33-14-6-2-7-15-33)18-10-11-29-19-21-30(22-20-29)23-24-31-25-27-35(28-26-31)37-34-16-8-3-9-17-34/h1-28,37H. The van der Waals surface area contributed by atoms with Gasteiger partial charge in [0.25, 0.3) is 0 Å². The highest BCUT2D eigenvalue weighted by atomic mass is 14.9. The van der Waals surface area contributed by atoms with Crippen molar-refractivity contribution in [2.75, 3.05) is 5.32 Å². The van der Waals surface area contributed by atoms with Crippen molar-refractivity contribution in [3.8, 4) is 0 Å². The lowest BCUT2D eigenvalue weighted by molar-refractivity contribution is 1.54. The zero-order chi connectivity index (χ0) is 25.1. The summed E-state index contributed by atoms with van der Waals surface area (Å²) < 4.78 is 0. The number of benzene rings is 5. The first-order valence-electron chi connectivity index (χ1n) is 12.5. The van der Waals surface area contributed by atoms with Crippen LogP contribution in [0.4, 0.5) is 11.4 Å². The maximum absolute atomic E-state index is 3.42. The van der Waals surface area contributed by atoms with Gasteiger partial charge in [-0.25, -0.2) is 0 Å². The van der Waals surface area contributed by atoms with Gasteiger partial charge in [-0.3, -0.25) is 0 Å². The van der Waals surface area contributed by atoms with Crippen LogP contribution in [0.3, 0.4) is 0 Å². The number of nitrogens with one attached hydrogen (secondary N) is 1. The molecule has 0 unspecified atom stereocenters. The molecule has 0 aliphatic carbocycles. The van der Waals surface area contributed by atoms with Crippen LogP contribution >= 0.6 is 0 Å². The summed E-state index contributed by atoms with van der Waals surface area (Å²) in [5.41, 5.74) is 9.32. The Bertz CT molecular complexity index is 1440. The van der Waals surface area contributed by atoms with Crippen LogP contribution in [0.1, 0.15) is 27.8 Å². The van der Waals surface area contributed by atoms with Crippen LogP contribution in [0.25, 0.3) is 23.8 Å². The third kappa shape index (κ3) is 6.84. The van der Waals surface area contributed by atoms with Crippen molar-refractivity contribution in [2.45, 2.75) is 0 Å². The minimum atomic E-state index is 1.08. The minimum absolute atomic E-state index is 1.08. The van der Waals surface area contributed by atoms with E-state index < -0.39 is 0 Å². The van der Waals surface area contributed by atoms with E-state index in [2.05, 4.69) is 157 Å². The molecule has 0 atom stereocenters. The first-order valence-corrected chi connectivity index (χ1v) is 12.5. The summed E-state index contributed by atoms with van der Waals surface area (Å²) in [7, 11) is 0. The van der Waals surface area contributed by atoms with E-state index in [-0.39, 0.29) is 0 Å². The normalized spacial score (nSPS) is 11.0. The molecule has 1 N–H and O–H groups in total. The number of hydrogen-bond acceptors (Lipinski definition) is 1. The van der Waals surface area contributed by atoms with Crippen LogP contribution in [-0.2, 0) is 0 Å². The molecule has 0 saturated carbocycles. The molecule has 0 heterocycles. The van der Waals surface area contributed by atoms with Crippen molar-refractivity contribution in [3.63, 3.8) is 0 Å². The highest BCUT2D eigenvalue weighted by Crippen LogP contribution is 2.23. The molecule has 0 amide bonds. The fraction of sp³-hybridized carbons (Fsp3) is 0. The maximum Gasteiger partial charge on any atom is 0.0384 e. The van der Waals surface area contributed by atoms with Gasteiger partial charge in [-0.2, -0.15) is 0 Å². The third-order valence-corrected chi connectivity index (χ3v) is 6.10. The van der Waals surface area contributed by atoms with Gasteiger partial charge in [0, 0.05) is 11.4 Å². The van der Waals surface area contributed by atoms with E-state index in [4.69, 9.17) is 0 Å². The summed E-state index contributed by atoms with van der Waals surface area (Å²) in [6.45, 7) is 0. The Kier molecular flexibility index (Phi) is 7.86. The van der Waals surface area contributed by atoms with Crippen LogP contribution in [0, 0.1) is 0 Å². The molecule has 5 aromatic carbocycles. The molecule has 178 valence electrons. The molecule has 0 spiro atoms. The van der Waals surface area contributed by atoms with Gasteiger partial charge in [0.05, 0.1) is 0 Å². The van der Waals surface area contributed by atoms with Gasteiger partial charge in [-0.1, -0.05) is 146 Å². The van der Waals surface area contributed by atoms with E-state index in [1.54, 1.807) is 0 Å². The topological polar surface area (TPSA) is 12.0 Å². The van der Waals surface area contributed by atoms with E-state index in [0.717, 1.165) is 11.4 Å². The molecule has 1 heteroatoms. The molecule has 0 bridgehead atoms. The Morgan fingerprint density at radius 2 is 0.811 bits per heavy atom. The van der Waals surface area contributed by atoms with Gasteiger partial charge < -0.3 is 5.32 Å². The van der Waals surface area contributed by atoms with Gasteiger partial charge in [0.15, 0.2) is 0 Å². The number of anilines is 2. The smallest absolute Gasteiger partial charge is 0.0384 e. The third-order valence-electron chi connectivity index (χ3n) is 6.10. The number of allylic oxidation sites excluding steroid dienone is 2. The molecule has 0 saturated heterocycles. The Morgan fingerprint density at radius 3 is 1.32 bits per heavy atom. The van der Waals surface area contributed by atoms with Crippen molar-refractivity contribution >= 4 is 35.2 Å². The first-order chi connectivity index (χ1) is 18.3. The number of rotatable bonds is 8. The lowest BCUT2D eigenvalue weighted by Gasteiger charge is -2.07. The van der Waals surface area contributed by atoms with Gasteiger partial charge in [0.1, 0.15) is 0 Å². The number of hydrogen-bond donors (Lipinski definition) is 1. The highest BCUT2D eigenvalue weighted by molar-refractivity contribution is 5.81. The second-order valence-electron chi connectivity index (χ2n) is 8.78. The molecule has 5 aromatic rings. The van der Waals surface area contributed by atoms with E-state index in [1.807, 2.05) is 18.2 Å². The number of para-hydroxylation sites is 1. The summed E-state index contributed by atoms with van der Waals surface area (Å²) >= 11 is 0. The zero-order valence-electron chi connectivity index (χ0n) is 20.7. The summed E-state index contributed by atoms with van der Waals surface area (Å²) in [6.07, 6.45) is 10.8. The maximum atomic E-state index is 3.42. The molecule has 1 nitrogen and oxygen atoms in total. The lowest BCUT2D eigenvalue weighted by atomic mass is 9.97. The zero-order valence-corrected chi connectivity index (χ0v) is 20.7. The van der Waals surface area contributed by atoms with Gasteiger partial charge >= 0.3 is 0 Å². The fourth-order valence-electron chi connectivity index (χ4n) is 4.13. The molecule has 0 radical (unpaired) electrons. The van der Waals surface area contributed by atoms with Crippen LogP contribution in [0.2, 0.25) is 0 Å². The average Bonchev–Trinajstić information content (AvgIpc) is 2.97. The minimum Gasteiger partial charge on any atom is -0.356 e. The van der Waals surface area contributed by atoms with Crippen LogP contribution in [-0.4, -0.2) is 0 Å². The second-order valence-corrected chi connectivity index (χ2v) is 8.78. The van der Waals surface area contributed by atoms with E-state index in [0.29, 0.717) is 0 Å². The van der Waals surface area contributed by atoms with E-state index in [9.17, 15) is 0 Å². The largest absolute Gasteiger partial charge is 0.356 e. The Morgan fingerprint density at radius 1 is 0.405 bits per heavy atom. The van der Waals surface area contributed by atoms with Crippen molar-refractivity contribution in [3.05, 3.63) is 179 Å². The van der Waals surface area contributed by atoms with Gasteiger partial charge in [-0.05, 0) is 57.7 Å². The Labute approximate surface area is 219 Å². The molecule has 0 fully saturated rings. The molecular weight excluding hydrogens is 446 g/mol. The first kappa shape index (κ1) is 23.8. The average molecular weight is 476 g/mol. The summed E-state index contributed by atoms with van der Waals surface area (Å²) in [6, 6.07) is 48.3. The fourth-order valence-corrected chi connectivity index (χ4v) is 4.13. The molecule has 37 heavy (non-hydrogen) atoms. The van der Waals surface area contributed by atoms with Gasteiger partial charge in [0.2, 0.25) is 0 Å². The molecule has 0 aromatic heterocycles. The molecule has 5 rings (SSSR count). The Balaban J connectivity index is 1.24. The van der Waals surface area contributed by atoms with Crippen molar-refractivity contribution in [2.24, 2.45) is 0 Å². The second kappa shape index (κ2) is 12.2. The summed E-state index contributed by atoms with van der Waals surface area (Å²) in [5.74, 6) is 0. The predicted octanol–water partition coefficient (Wildman–Crippen LogP) is 9.75. The molecular formula is C36H29N. The predicted molar refractivity (Wildman–Crippen MR) is 161 cm³/mol. The SMILES string of the molecule is C(=Cc1ccc(C=Cc2ccc(Nc3ccccc3)cc2)cc1)C=C(c1ccccc1)c1ccccc1. The molecule has 0 aliphatic rings. The van der Waals surface area contributed by atoms with Crippen molar-refractivity contribution < 1.29 is 0 Å². The lowest BCUT2D eigenvalue weighted by Crippen LogP contribution is -1.89. The highest BCUT2D eigenvalue weighted by Gasteiger charge is 2.02. The van der Waals surface area contributed by atoms with Crippen LogP contribution in [0.5, 0.6) is 0 Å². The summed E-state index contributed by atoms with van der Waals surface area (Å²) in [5, 5.41) is 3.42. The van der Waals surface area contributed by atoms with Crippen LogP contribution < -0.4 is 5.32 Å². The monoisotopic (exact) mass is 475 g/mol. The van der Waals surface area contributed by atoms with Crippen molar-refractivity contribution in [1.82, 2.24) is 0 Å². The van der Waals surface area contributed by atoms with Gasteiger partial charge in [-0.15, -0.1) is 0 Å². The van der Waals surface area contributed by atoms with E-state index in [1.165, 1.54) is 33.4 Å².